The summed E-state index contributed by atoms with van der Waals surface area (Å²) in [6.07, 6.45) is 5.82. The van der Waals surface area contributed by atoms with Gasteiger partial charge in [0.2, 0.25) is 0 Å². The van der Waals surface area contributed by atoms with Crippen molar-refractivity contribution in [3.8, 4) is 0 Å². The van der Waals surface area contributed by atoms with Crippen LogP contribution < -0.4 is 20.4 Å². The van der Waals surface area contributed by atoms with Gasteiger partial charge in [-0.1, -0.05) is 24.6 Å². The summed E-state index contributed by atoms with van der Waals surface area (Å²) in [6, 6.07) is 10.6. The molecule has 2 aromatic carbocycles. The lowest BCUT2D eigenvalue weighted by Gasteiger charge is -2.38. The van der Waals surface area contributed by atoms with E-state index in [1.807, 2.05) is 37.8 Å². The van der Waals surface area contributed by atoms with E-state index in [9.17, 15) is 14.4 Å². The first-order valence-electron chi connectivity index (χ1n) is 16.6. The summed E-state index contributed by atoms with van der Waals surface area (Å²) in [5, 5.41) is 5.83. The van der Waals surface area contributed by atoms with Crippen LogP contribution in [0.2, 0.25) is 0 Å². The number of aromatic nitrogens is 1. The lowest BCUT2D eigenvalue weighted by atomic mass is 9.85. The molecule has 2 heterocycles. The van der Waals surface area contributed by atoms with Crippen molar-refractivity contribution in [3.63, 3.8) is 0 Å². The predicted molar refractivity (Wildman–Crippen MR) is 177 cm³/mol. The van der Waals surface area contributed by atoms with Crippen LogP contribution >= 0.6 is 0 Å². The van der Waals surface area contributed by atoms with Gasteiger partial charge >= 0.3 is 5.97 Å². The van der Waals surface area contributed by atoms with Gasteiger partial charge in [0.05, 0.1) is 22.9 Å². The zero-order chi connectivity index (χ0) is 33.3. The highest BCUT2D eigenvalue weighted by atomic mass is 19.1. The van der Waals surface area contributed by atoms with Gasteiger partial charge in [0.25, 0.3) is 11.8 Å². The Hall–Kier alpha value is -4.41. The molecule has 1 aliphatic heterocycles. The summed E-state index contributed by atoms with van der Waals surface area (Å²) in [7, 11) is 0. The molecule has 2 N–H and O–H groups in total. The smallest absolute Gasteiger partial charge is 0.309 e. The first-order valence-corrected chi connectivity index (χ1v) is 16.6. The van der Waals surface area contributed by atoms with Crippen LogP contribution in [0.5, 0.6) is 0 Å². The predicted octanol–water partition coefficient (Wildman–Crippen LogP) is 6.21. The van der Waals surface area contributed by atoms with Crippen molar-refractivity contribution >= 4 is 34.8 Å². The van der Waals surface area contributed by atoms with Crippen LogP contribution in [0.1, 0.15) is 97.5 Å². The number of carbonyl (C=O) groups excluding carboxylic acids is 3. The zero-order valence-electron chi connectivity index (χ0n) is 27.6. The summed E-state index contributed by atoms with van der Waals surface area (Å²) in [5.74, 6) is -1.61. The third-order valence-corrected chi connectivity index (χ3v) is 9.09. The fraction of sp³-hybridized carbons (Fsp3) is 0.500. The van der Waals surface area contributed by atoms with Crippen LogP contribution in [0.4, 0.5) is 21.5 Å². The van der Waals surface area contributed by atoms with Crippen molar-refractivity contribution in [3.05, 3.63) is 71.2 Å². The number of rotatable bonds is 8. The molecule has 47 heavy (non-hydrogen) atoms. The lowest BCUT2D eigenvalue weighted by molar-refractivity contribution is -0.161. The lowest BCUT2D eigenvalue weighted by Crippen LogP contribution is -2.47. The first-order chi connectivity index (χ1) is 22.4. The number of para-hydroxylation sites is 1. The molecule has 2 saturated carbocycles. The van der Waals surface area contributed by atoms with Crippen LogP contribution in [0.25, 0.3) is 0 Å². The van der Waals surface area contributed by atoms with Gasteiger partial charge in [-0.25, -0.2) is 9.37 Å². The number of nitrogens with zero attached hydrogens (tertiary/aromatic N) is 3. The average molecular weight is 646 g/mol. The Labute approximate surface area is 275 Å². The maximum atomic E-state index is 15.8. The van der Waals surface area contributed by atoms with Crippen LogP contribution in [0.15, 0.2) is 47.1 Å². The number of esters is 1. The summed E-state index contributed by atoms with van der Waals surface area (Å²) >= 11 is 0. The number of anilines is 3. The number of halogens is 1. The molecule has 3 aromatic rings. The van der Waals surface area contributed by atoms with Gasteiger partial charge in [0.1, 0.15) is 17.7 Å². The third kappa shape index (κ3) is 7.77. The topological polar surface area (TPSA) is 117 Å². The fourth-order valence-corrected chi connectivity index (χ4v) is 6.48. The van der Waals surface area contributed by atoms with Gasteiger partial charge in [-0.3, -0.25) is 14.4 Å². The SMILES string of the molecule is Cc1ccccc1N1CCN(c2cc(F)c(C(=O)NC3CCC[C@H](C(=O)OC(C)(C)C)C3)cc2NC(=O)c2coc(C3CC3)n2)CC1. The third-order valence-electron chi connectivity index (χ3n) is 9.09. The van der Waals surface area contributed by atoms with Crippen LogP contribution in [0.3, 0.4) is 0 Å². The number of hydrogen-bond acceptors (Lipinski definition) is 8. The Bertz CT molecular complexity index is 1640. The molecule has 0 radical (unpaired) electrons. The molecule has 3 fully saturated rings. The fourth-order valence-electron chi connectivity index (χ4n) is 6.48. The maximum Gasteiger partial charge on any atom is 0.309 e. The molecule has 6 rings (SSSR count). The Balaban J connectivity index is 1.21. The standard InChI is InChI=1S/C36H44FN5O5/c1-22-8-5-6-11-30(22)41-14-16-42(17-15-41)31-20-27(37)26(19-28(31)39-33(44)29-21-46-34(40-29)23-12-13-23)32(43)38-25-10-7-9-24(18-25)35(45)47-36(2,3)4/h5-6,8,11,19-21,23-25H,7,9-10,12-18H2,1-4H3,(H,38,43)(H,39,44)/t24-,25?/m0/s1. The highest BCUT2D eigenvalue weighted by molar-refractivity contribution is 6.06. The number of amides is 2. The van der Waals surface area contributed by atoms with Gasteiger partial charge in [-0.15, -0.1) is 0 Å². The van der Waals surface area contributed by atoms with Crippen molar-refractivity contribution in [2.75, 3.05) is 41.3 Å². The van der Waals surface area contributed by atoms with Crippen LogP contribution in [0, 0.1) is 18.7 Å². The Morgan fingerprint density at radius 1 is 0.957 bits per heavy atom. The van der Waals surface area contributed by atoms with E-state index >= 15 is 4.39 Å². The second-order valence-corrected chi connectivity index (χ2v) is 14.0. The van der Waals surface area contributed by atoms with E-state index in [1.165, 1.54) is 24.0 Å². The van der Waals surface area contributed by atoms with E-state index in [4.69, 9.17) is 9.15 Å². The van der Waals surface area contributed by atoms with Crippen molar-refractivity contribution in [2.24, 2.45) is 5.92 Å². The minimum atomic E-state index is -0.686. The van der Waals surface area contributed by atoms with Crippen molar-refractivity contribution in [1.29, 1.82) is 0 Å². The normalized spacial score (nSPS) is 20.1. The molecule has 1 unspecified atom stereocenters. The van der Waals surface area contributed by atoms with Gasteiger partial charge in [-0.2, -0.15) is 0 Å². The summed E-state index contributed by atoms with van der Waals surface area (Å²) in [6.45, 7) is 10.2. The highest BCUT2D eigenvalue weighted by Crippen LogP contribution is 2.39. The molecule has 2 atom stereocenters. The number of piperazine rings is 1. The van der Waals surface area contributed by atoms with Gasteiger partial charge in [0.15, 0.2) is 11.6 Å². The van der Waals surface area contributed by atoms with E-state index in [-0.39, 0.29) is 35.1 Å². The Morgan fingerprint density at radius 2 is 1.66 bits per heavy atom. The second kappa shape index (κ2) is 13.4. The number of nitrogens with one attached hydrogen (secondary N) is 2. The Kier molecular flexibility index (Phi) is 9.25. The molecule has 0 spiro atoms. The average Bonchev–Trinajstić information content (AvgIpc) is 3.77. The largest absolute Gasteiger partial charge is 0.460 e. The monoisotopic (exact) mass is 645 g/mol. The number of ether oxygens (including phenoxy) is 1. The minimum Gasteiger partial charge on any atom is -0.460 e. The summed E-state index contributed by atoms with van der Waals surface area (Å²) < 4.78 is 26.9. The number of aryl methyl sites for hydroxylation is 1. The molecular formula is C36H44FN5O5. The van der Waals surface area contributed by atoms with E-state index in [0.717, 1.165) is 24.9 Å². The van der Waals surface area contributed by atoms with E-state index < -0.39 is 23.2 Å². The van der Waals surface area contributed by atoms with Gasteiger partial charge in [-0.05, 0) is 77.5 Å². The minimum absolute atomic E-state index is 0.132. The molecule has 2 amide bonds. The maximum absolute atomic E-state index is 15.8. The zero-order valence-corrected chi connectivity index (χ0v) is 27.6. The van der Waals surface area contributed by atoms with Crippen LogP contribution in [-0.4, -0.2) is 60.6 Å². The molecule has 1 saturated heterocycles. The van der Waals surface area contributed by atoms with E-state index in [1.54, 1.807) is 0 Å². The number of benzene rings is 2. The summed E-state index contributed by atoms with van der Waals surface area (Å²) in [5.41, 5.74) is 2.51. The molecule has 3 aliphatic rings. The van der Waals surface area contributed by atoms with Crippen LogP contribution in [-0.2, 0) is 9.53 Å². The molecule has 10 nitrogen and oxygen atoms in total. The van der Waals surface area contributed by atoms with Crippen molar-refractivity contribution < 1.29 is 27.9 Å². The van der Waals surface area contributed by atoms with Gasteiger partial charge in [0, 0.05) is 49.9 Å². The second-order valence-electron chi connectivity index (χ2n) is 14.0. The quantitative estimate of drug-likeness (QED) is 0.278. The number of hydrogen-bond donors (Lipinski definition) is 2. The molecule has 2 aliphatic carbocycles. The molecule has 250 valence electrons. The molecular weight excluding hydrogens is 601 g/mol. The van der Waals surface area contributed by atoms with E-state index in [0.29, 0.717) is 62.7 Å². The first kappa shape index (κ1) is 32.5. The molecule has 11 heteroatoms. The van der Waals surface area contributed by atoms with Gasteiger partial charge < -0.3 is 29.6 Å². The number of carbonyl (C=O) groups is 3. The summed E-state index contributed by atoms with van der Waals surface area (Å²) in [4.78, 5) is 48.3. The Morgan fingerprint density at radius 3 is 2.34 bits per heavy atom. The highest BCUT2D eigenvalue weighted by Gasteiger charge is 2.33. The molecule has 0 bridgehead atoms. The van der Waals surface area contributed by atoms with E-state index in [2.05, 4.69) is 39.6 Å². The molecule has 1 aromatic heterocycles. The number of oxazole rings is 1. The van der Waals surface area contributed by atoms with Crippen molar-refractivity contribution in [2.45, 2.75) is 83.8 Å². The van der Waals surface area contributed by atoms with Crippen molar-refractivity contribution in [1.82, 2.24) is 10.3 Å².